The Kier molecular flexibility index (Phi) is 5.26. The Hall–Kier alpha value is -1.66. The van der Waals surface area contributed by atoms with Crippen molar-refractivity contribution in [3.05, 3.63) is 45.7 Å². The number of hydrogen-bond donors (Lipinski definition) is 1. The van der Waals surface area contributed by atoms with E-state index in [9.17, 15) is 9.18 Å². The van der Waals surface area contributed by atoms with Crippen molar-refractivity contribution < 1.29 is 13.9 Å². The normalized spacial score (nSPS) is 12.8. The first kappa shape index (κ1) is 17.7. The average molecular weight is 357 g/mol. The Morgan fingerprint density at radius 3 is 2.74 bits per heavy atom. The Labute approximate surface area is 143 Å². The molecular weight excluding hydrogens is 339 g/mol. The molecule has 7 heteroatoms. The van der Waals surface area contributed by atoms with E-state index in [0.717, 1.165) is 10.4 Å². The van der Waals surface area contributed by atoms with E-state index >= 15 is 0 Å². The number of nitrogens with one attached hydrogen (secondary N) is 1. The van der Waals surface area contributed by atoms with Gasteiger partial charge in [-0.2, -0.15) is 0 Å². The molecule has 124 valence electrons. The summed E-state index contributed by atoms with van der Waals surface area (Å²) in [6, 6.07) is 4.32. The lowest BCUT2D eigenvalue weighted by Crippen LogP contribution is -2.27. The maximum absolute atomic E-state index is 13.1. The molecule has 2 aromatic rings. The summed E-state index contributed by atoms with van der Waals surface area (Å²) < 4.78 is 18.3. The molecular formula is C16H18ClFN2O2S. The van der Waals surface area contributed by atoms with Gasteiger partial charge in [0.25, 0.3) is 0 Å². The molecule has 1 unspecified atom stereocenters. The van der Waals surface area contributed by atoms with E-state index in [1.54, 1.807) is 33.0 Å². The largest absolute Gasteiger partial charge is 0.444 e. The van der Waals surface area contributed by atoms with Crippen LogP contribution in [0.25, 0.3) is 0 Å². The van der Waals surface area contributed by atoms with Crippen molar-refractivity contribution in [2.45, 2.75) is 39.2 Å². The van der Waals surface area contributed by atoms with Crippen LogP contribution < -0.4 is 5.32 Å². The van der Waals surface area contributed by atoms with Gasteiger partial charge in [0, 0.05) is 22.0 Å². The monoisotopic (exact) mass is 356 g/mol. The fraction of sp³-hybridized carbons (Fsp3) is 0.375. The van der Waals surface area contributed by atoms with Crippen molar-refractivity contribution in [3.8, 4) is 0 Å². The van der Waals surface area contributed by atoms with Crippen molar-refractivity contribution in [2.24, 2.45) is 0 Å². The maximum atomic E-state index is 13.1. The number of carbonyl (C=O) groups is 1. The molecule has 0 fully saturated rings. The summed E-state index contributed by atoms with van der Waals surface area (Å²) in [7, 11) is 0. The number of benzene rings is 1. The molecule has 0 aliphatic heterocycles. The number of ether oxygens (including phenoxy) is 1. The number of amides is 1. The van der Waals surface area contributed by atoms with Crippen molar-refractivity contribution in [2.75, 3.05) is 5.32 Å². The molecule has 0 saturated heterocycles. The summed E-state index contributed by atoms with van der Waals surface area (Å²) in [6.45, 7) is 7.32. The van der Waals surface area contributed by atoms with E-state index in [0.29, 0.717) is 10.2 Å². The fourth-order valence-corrected chi connectivity index (χ4v) is 3.14. The van der Waals surface area contributed by atoms with Crippen LogP contribution in [0.4, 0.5) is 14.3 Å². The zero-order chi connectivity index (χ0) is 17.2. The number of nitrogens with zero attached hydrogens (tertiary/aromatic N) is 1. The lowest BCUT2D eigenvalue weighted by Gasteiger charge is -2.18. The Bertz CT molecular complexity index is 712. The molecule has 1 atom stereocenters. The van der Waals surface area contributed by atoms with Gasteiger partial charge in [-0.25, -0.2) is 14.2 Å². The van der Waals surface area contributed by atoms with Crippen LogP contribution in [0, 0.1) is 5.82 Å². The first-order valence-electron chi connectivity index (χ1n) is 7.06. The number of carbonyl (C=O) groups excluding carboxylic acids is 1. The molecule has 23 heavy (non-hydrogen) atoms. The van der Waals surface area contributed by atoms with Crippen molar-refractivity contribution in [1.29, 1.82) is 0 Å². The summed E-state index contributed by atoms with van der Waals surface area (Å²) in [5, 5.41) is 3.41. The van der Waals surface area contributed by atoms with Crippen LogP contribution in [0.3, 0.4) is 0 Å². The predicted molar refractivity (Wildman–Crippen MR) is 90.9 cm³/mol. The number of anilines is 1. The molecule has 0 bridgehead atoms. The van der Waals surface area contributed by atoms with Crippen molar-refractivity contribution >= 4 is 34.2 Å². The Morgan fingerprint density at radius 2 is 2.13 bits per heavy atom. The second kappa shape index (κ2) is 6.84. The molecule has 0 spiro atoms. The van der Waals surface area contributed by atoms with Crippen LogP contribution in [0.15, 0.2) is 24.4 Å². The quantitative estimate of drug-likeness (QED) is 0.797. The van der Waals surface area contributed by atoms with Crippen molar-refractivity contribution in [1.82, 2.24) is 4.98 Å². The highest BCUT2D eigenvalue weighted by atomic mass is 35.5. The minimum absolute atomic E-state index is 0.0604. The summed E-state index contributed by atoms with van der Waals surface area (Å²) in [4.78, 5) is 16.8. The Balaban J connectivity index is 2.11. The van der Waals surface area contributed by atoms with Gasteiger partial charge in [-0.05, 0) is 38.5 Å². The number of halogens is 2. The van der Waals surface area contributed by atoms with Crippen LogP contribution in [0.1, 0.15) is 44.1 Å². The third-order valence-corrected chi connectivity index (χ3v) is 4.41. The number of rotatable bonds is 3. The second-order valence-corrected chi connectivity index (χ2v) is 7.55. The fourth-order valence-electron chi connectivity index (χ4n) is 1.94. The lowest BCUT2D eigenvalue weighted by molar-refractivity contribution is 0.0636. The minimum atomic E-state index is -0.570. The number of aromatic nitrogens is 1. The van der Waals surface area contributed by atoms with Gasteiger partial charge in [0.2, 0.25) is 0 Å². The molecule has 4 nitrogen and oxygen atoms in total. The smallest absolute Gasteiger partial charge is 0.413 e. The molecule has 0 aliphatic carbocycles. The van der Waals surface area contributed by atoms with Crippen LogP contribution in [0.5, 0.6) is 0 Å². The van der Waals surface area contributed by atoms with Gasteiger partial charge in [-0.15, -0.1) is 11.3 Å². The topological polar surface area (TPSA) is 51.2 Å². The SMILES string of the molecule is CC(c1cnc(NC(=O)OC(C)(C)C)s1)c1ccc(F)cc1Cl. The zero-order valence-electron chi connectivity index (χ0n) is 13.3. The highest BCUT2D eigenvalue weighted by molar-refractivity contribution is 7.15. The first-order chi connectivity index (χ1) is 10.7. The van der Waals surface area contributed by atoms with Crippen LogP contribution >= 0.6 is 22.9 Å². The molecule has 0 aliphatic rings. The maximum Gasteiger partial charge on any atom is 0.413 e. The lowest BCUT2D eigenvalue weighted by atomic mass is 10.00. The molecule has 0 radical (unpaired) electrons. The van der Waals surface area contributed by atoms with Gasteiger partial charge in [-0.1, -0.05) is 24.6 Å². The van der Waals surface area contributed by atoms with Crippen LogP contribution in [-0.4, -0.2) is 16.7 Å². The minimum Gasteiger partial charge on any atom is -0.444 e. The summed E-state index contributed by atoms with van der Waals surface area (Å²) in [5.41, 5.74) is 0.236. The van der Waals surface area contributed by atoms with Crippen LogP contribution in [0.2, 0.25) is 5.02 Å². The van der Waals surface area contributed by atoms with E-state index in [-0.39, 0.29) is 11.7 Å². The molecule has 1 aromatic heterocycles. The molecule has 1 N–H and O–H groups in total. The van der Waals surface area contributed by atoms with E-state index in [1.165, 1.54) is 23.5 Å². The summed E-state index contributed by atoms with van der Waals surface area (Å²) in [5.74, 6) is -0.433. The van der Waals surface area contributed by atoms with Crippen molar-refractivity contribution in [3.63, 3.8) is 0 Å². The molecule has 1 aromatic carbocycles. The van der Waals surface area contributed by atoms with E-state index in [4.69, 9.17) is 16.3 Å². The molecule has 0 saturated carbocycles. The predicted octanol–water partition coefficient (Wildman–Crippen LogP) is 5.43. The number of thiazole rings is 1. The van der Waals surface area contributed by atoms with Gasteiger partial charge in [0.1, 0.15) is 11.4 Å². The van der Waals surface area contributed by atoms with Crippen LogP contribution in [-0.2, 0) is 4.74 Å². The van der Waals surface area contributed by atoms with E-state index in [2.05, 4.69) is 10.3 Å². The highest BCUT2D eigenvalue weighted by Crippen LogP contribution is 2.34. The standard InChI is InChI=1S/C16H18ClFN2O2S/c1-9(11-6-5-10(18)7-12(11)17)13-8-19-14(23-13)20-15(21)22-16(2,3)4/h5-9H,1-4H3,(H,19,20,21). The van der Waals surface area contributed by atoms with Gasteiger partial charge >= 0.3 is 6.09 Å². The van der Waals surface area contributed by atoms with Gasteiger partial charge in [0.15, 0.2) is 5.13 Å². The molecule has 1 heterocycles. The number of hydrogen-bond acceptors (Lipinski definition) is 4. The summed E-state index contributed by atoms with van der Waals surface area (Å²) >= 11 is 7.42. The molecule has 1 amide bonds. The second-order valence-electron chi connectivity index (χ2n) is 6.08. The first-order valence-corrected chi connectivity index (χ1v) is 8.26. The molecule has 2 rings (SSSR count). The van der Waals surface area contributed by atoms with Gasteiger partial charge in [-0.3, -0.25) is 5.32 Å². The summed E-state index contributed by atoms with van der Waals surface area (Å²) in [6.07, 6.45) is 1.12. The third kappa shape index (κ3) is 4.91. The van der Waals surface area contributed by atoms with Gasteiger partial charge in [0.05, 0.1) is 0 Å². The third-order valence-electron chi connectivity index (χ3n) is 2.99. The average Bonchev–Trinajstić information content (AvgIpc) is 2.84. The van der Waals surface area contributed by atoms with E-state index in [1.807, 2.05) is 6.92 Å². The Morgan fingerprint density at radius 1 is 1.43 bits per heavy atom. The zero-order valence-corrected chi connectivity index (χ0v) is 14.9. The highest BCUT2D eigenvalue weighted by Gasteiger charge is 2.19. The van der Waals surface area contributed by atoms with Gasteiger partial charge < -0.3 is 4.74 Å². The van der Waals surface area contributed by atoms with E-state index < -0.39 is 11.7 Å².